The van der Waals surface area contributed by atoms with E-state index in [-0.39, 0.29) is 6.54 Å². The number of nitrogens with zero attached hydrogens (tertiary/aromatic N) is 1. The Kier molecular flexibility index (Phi) is 7.25. The van der Waals surface area contributed by atoms with Gasteiger partial charge in [0.2, 0.25) is 10.0 Å². The lowest BCUT2D eigenvalue weighted by atomic mass is 10.2. The number of hydrogen-bond acceptors (Lipinski definition) is 3. The SMILES string of the molecule is Cc1ccc(S(=O)(=O)N(CC#Cc2cccs2)C/C=C/CBr)cc1. The molecule has 126 valence electrons. The summed E-state index contributed by atoms with van der Waals surface area (Å²) in [6, 6.07) is 10.7. The maximum Gasteiger partial charge on any atom is 0.244 e. The fourth-order valence-corrected chi connectivity index (χ4v) is 4.08. The number of benzene rings is 1. The van der Waals surface area contributed by atoms with Gasteiger partial charge < -0.3 is 0 Å². The number of allylic oxidation sites excluding steroid dienone is 1. The van der Waals surface area contributed by atoms with Crippen molar-refractivity contribution in [1.82, 2.24) is 4.31 Å². The molecule has 2 aromatic rings. The number of rotatable bonds is 6. The zero-order chi connectivity index (χ0) is 17.4. The van der Waals surface area contributed by atoms with Crippen LogP contribution in [0.1, 0.15) is 10.4 Å². The van der Waals surface area contributed by atoms with E-state index in [4.69, 9.17) is 0 Å². The van der Waals surface area contributed by atoms with Crippen molar-refractivity contribution in [2.24, 2.45) is 0 Å². The molecule has 0 bridgehead atoms. The largest absolute Gasteiger partial charge is 0.244 e. The van der Waals surface area contributed by atoms with Gasteiger partial charge in [-0.2, -0.15) is 4.31 Å². The Morgan fingerprint density at radius 3 is 2.58 bits per heavy atom. The first-order valence-electron chi connectivity index (χ1n) is 7.34. The number of sulfonamides is 1. The van der Waals surface area contributed by atoms with E-state index in [1.54, 1.807) is 24.3 Å². The molecule has 0 aliphatic heterocycles. The molecular weight excluding hydrogens is 406 g/mol. The van der Waals surface area contributed by atoms with Gasteiger partial charge in [0.15, 0.2) is 0 Å². The van der Waals surface area contributed by atoms with Gasteiger partial charge >= 0.3 is 0 Å². The topological polar surface area (TPSA) is 37.4 Å². The highest BCUT2D eigenvalue weighted by molar-refractivity contribution is 9.09. The monoisotopic (exact) mass is 423 g/mol. The molecule has 24 heavy (non-hydrogen) atoms. The van der Waals surface area contributed by atoms with Crippen molar-refractivity contribution in [1.29, 1.82) is 0 Å². The summed E-state index contributed by atoms with van der Waals surface area (Å²) in [6.07, 6.45) is 3.71. The average molecular weight is 424 g/mol. The van der Waals surface area contributed by atoms with E-state index < -0.39 is 10.0 Å². The van der Waals surface area contributed by atoms with Gasteiger partial charge in [0.25, 0.3) is 0 Å². The highest BCUT2D eigenvalue weighted by atomic mass is 79.9. The molecule has 0 atom stereocenters. The van der Waals surface area contributed by atoms with Crippen LogP contribution in [0.3, 0.4) is 0 Å². The Morgan fingerprint density at radius 2 is 1.96 bits per heavy atom. The maximum atomic E-state index is 12.8. The molecule has 0 N–H and O–H groups in total. The van der Waals surface area contributed by atoms with E-state index >= 15 is 0 Å². The van der Waals surface area contributed by atoms with Crippen molar-refractivity contribution < 1.29 is 8.42 Å². The zero-order valence-electron chi connectivity index (χ0n) is 13.3. The predicted molar refractivity (Wildman–Crippen MR) is 104 cm³/mol. The van der Waals surface area contributed by atoms with Crippen molar-refractivity contribution >= 4 is 37.3 Å². The number of halogens is 1. The lowest BCUT2D eigenvalue weighted by Crippen LogP contribution is -2.31. The summed E-state index contributed by atoms with van der Waals surface area (Å²) in [5.74, 6) is 5.97. The summed E-state index contributed by atoms with van der Waals surface area (Å²) in [5.41, 5.74) is 1.03. The first kappa shape index (κ1) is 18.9. The minimum absolute atomic E-state index is 0.154. The van der Waals surface area contributed by atoms with Crippen LogP contribution in [0.2, 0.25) is 0 Å². The van der Waals surface area contributed by atoms with E-state index in [1.165, 1.54) is 15.6 Å². The molecule has 1 aromatic carbocycles. The van der Waals surface area contributed by atoms with Crippen LogP contribution in [0.25, 0.3) is 0 Å². The van der Waals surface area contributed by atoms with E-state index in [9.17, 15) is 8.42 Å². The third kappa shape index (κ3) is 5.32. The summed E-state index contributed by atoms with van der Waals surface area (Å²) in [5, 5.41) is 2.63. The quantitative estimate of drug-likeness (QED) is 0.399. The fourth-order valence-electron chi connectivity index (χ4n) is 1.93. The van der Waals surface area contributed by atoms with Gasteiger partial charge in [-0.15, -0.1) is 11.3 Å². The van der Waals surface area contributed by atoms with Crippen LogP contribution < -0.4 is 0 Å². The molecule has 0 saturated heterocycles. The molecule has 0 saturated carbocycles. The lowest BCUT2D eigenvalue weighted by Gasteiger charge is -2.18. The number of aryl methyl sites for hydroxylation is 1. The Labute approximate surface area is 156 Å². The van der Waals surface area contributed by atoms with Gasteiger partial charge in [-0.05, 0) is 30.5 Å². The molecule has 6 heteroatoms. The van der Waals surface area contributed by atoms with Crippen LogP contribution in [0.4, 0.5) is 0 Å². The highest BCUT2D eigenvalue weighted by Gasteiger charge is 2.22. The molecule has 0 fully saturated rings. The average Bonchev–Trinajstić information content (AvgIpc) is 3.07. The van der Waals surface area contributed by atoms with Gasteiger partial charge in [-0.1, -0.05) is 63.7 Å². The summed E-state index contributed by atoms with van der Waals surface area (Å²) in [4.78, 5) is 1.22. The Morgan fingerprint density at radius 1 is 1.21 bits per heavy atom. The van der Waals surface area contributed by atoms with Crippen molar-refractivity contribution in [3.05, 3.63) is 64.4 Å². The summed E-state index contributed by atoms with van der Waals surface area (Å²) >= 11 is 4.84. The van der Waals surface area contributed by atoms with Crippen LogP contribution >= 0.6 is 27.3 Å². The normalized spacial score (nSPS) is 11.6. The summed E-state index contributed by atoms with van der Waals surface area (Å²) in [6.45, 7) is 2.38. The lowest BCUT2D eigenvalue weighted by molar-refractivity contribution is 0.478. The molecule has 0 spiro atoms. The second kappa shape index (κ2) is 9.19. The molecule has 1 aromatic heterocycles. The number of alkyl halides is 1. The predicted octanol–water partition coefficient (Wildman–Crippen LogP) is 4.05. The fraction of sp³-hybridized carbons (Fsp3) is 0.222. The van der Waals surface area contributed by atoms with E-state index in [0.29, 0.717) is 16.8 Å². The number of thiophene rings is 1. The van der Waals surface area contributed by atoms with Crippen molar-refractivity contribution in [2.45, 2.75) is 11.8 Å². The van der Waals surface area contributed by atoms with Crippen LogP contribution in [-0.2, 0) is 10.0 Å². The van der Waals surface area contributed by atoms with E-state index in [0.717, 1.165) is 10.4 Å². The molecule has 0 radical (unpaired) electrons. The summed E-state index contributed by atoms with van der Waals surface area (Å²) in [7, 11) is -3.57. The van der Waals surface area contributed by atoms with E-state index in [2.05, 4.69) is 27.8 Å². The minimum Gasteiger partial charge on any atom is -0.207 e. The smallest absolute Gasteiger partial charge is 0.207 e. The van der Waals surface area contributed by atoms with Gasteiger partial charge in [0.1, 0.15) is 0 Å². The van der Waals surface area contributed by atoms with Crippen LogP contribution in [-0.4, -0.2) is 31.1 Å². The molecule has 2 rings (SSSR count). The highest BCUT2D eigenvalue weighted by Crippen LogP contribution is 2.16. The molecular formula is C18H18BrNO2S2. The molecule has 0 aliphatic rings. The molecule has 0 amide bonds. The Balaban J connectivity index is 2.23. The van der Waals surface area contributed by atoms with Crippen LogP contribution in [0.15, 0.2) is 58.8 Å². The third-order valence-corrected chi connectivity index (χ3v) is 6.20. The first-order valence-corrected chi connectivity index (χ1v) is 10.8. The van der Waals surface area contributed by atoms with Gasteiger partial charge in [0, 0.05) is 11.9 Å². The second-order valence-corrected chi connectivity index (χ2v) is 8.55. The van der Waals surface area contributed by atoms with Gasteiger partial charge in [-0.25, -0.2) is 8.42 Å². The Hall–Kier alpha value is -1.39. The standard InChI is InChI=1S/C18H18BrNO2S2/c1-16-8-10-18(11-9-16)24(21,22)20(13-3-2-12-19)14-4-6-17-7-5-15-23-17/h2-3,5,7-11,15H,12-14H2,1H3/b3-2+. The van der Waals surface area contributed by atoms with Crippen molar-refractivity contribution in [2.75, 3.05) is 18.4 Å². The van der Waals surface area contributed by atoms with Crippen LogP contribution in [0.5, 0.6) is 0 Å². The van der Waals surface area contributed by atoms with Gasteiger partial charge in [0.05, 0.1) is 16.3 Å². The van der Waals surface area contributed by atoms with Crippen molar-refractivity contribution in [3.63, 3.8) is 0 Å². The molecule has 0 unspecified atom stereocenters. The zero-order valence-corrected chi connectivity index (χ0v) is 16.5. The first-order chi connectivity index (χ1) is 11.5. The Bertz CT molecular complexity index is 829. The third-order valence-electron chi connectivity index (χ3n) is 3.21. The van der Waals surface area contributed by atoms with Crippen molar-refractivity contribution in [3.8, 4) is 11.8 Å². The molecule has 0 aliphatic carbocycles. The minimum atomic E-state index is -3.57. The van der Waals surface area contributed by atoms with Gasteiger partial charge in [-0.3, -0.25) is 0 Å². The maximum absolute atomic E-state index is 12.8. The summed E-state index contributed by atoms with van der Waals surface area (Å²) < 4.78 is 27.1. The number of hydrogen-bond donors (Lipinski definition) is 0. The molecule has 3 nitrogen and oxygen atoms in total. The van der Waals surface area contributed by atoms with E-state index in [1.807, 2.05) is 36.6 Å². The second-order valence-electron chi connectivity index (χ2n) is 5.02. The van der Waals surface area contributed by atoms with Crippen LogP contribution in [0, 0.1) is 18.8 Å². The molecule has 1 heterocycles.